The van der Waals surface area contributed by atoms with Crippen molar-refractivity contribution in [2.45, 2.75) is 19.9 Å². The van der Waals surface area contributed by atoms with Crippen molar-refractivity contribution in [2.24, 2.45) is 5.73 Å². The summed E-state index contributed by atoms with van der Waals surface area (Å²) in [7, 11) is 1.48. The Hall–Kier alpha value is -3.57. The zero-order valence-electron chi connectivity index (χ0n) is 19.1. The van der Waals surface area contributed by atoms with Crippen LogP contribution in [0, 0.1) is 12.7 Å². The lowest BCUT2D eigenvalue weighted by molar-refractivity contribution is -0.124. The molecule has 182 valence electrons. The molecule has 1 atom stereocenters. The fraction of sp³-hybridized carbons (Fsp3) is 0.304. The molecular weight excluding hydrogens is 465 g/mol. The van der Waals surface area contributed by atoms with E-state index in [0.717, 1.165) is 17.4 Å². The summed E-state index contributed by atoms with van der Waals surface area (Å²) in [6.45, 7) is 6.40. The van der Waals surface area contributed by atoms with E-state index in [1.807, 2.05) is 0 Å². The van der Waals surface area contributed by atoms with Crippen LogP contribution in [-0.2, 0) is 19.1 Å². The molecule has 3 N–H and O–H groups in total. The first-order valence-corrected chi connectivity index (χ1v) is 11.1. The normalized spacial score (nSPS) is 11.6. The number of amides is 2. The molecular formula is C23H26FN3O6S. The second kappa shape index (κ2) is 12.1. The maximum Gasteiger partial charge on any atom is 0.348 e. The summed E-state index contributed by atoms with van der Waals surface area (Å²) in [6, 6.07) is 4.27. The van der Waals surface area contributed by atoms with Crippen LogP contribution >= 0.6 is 11.3 Å². The second-order valence-electron chi connectivity index (χ2n) is 7.19. The Morgan fingerprint density at radius 1 is 1.26 bits per heavy atom. The van der Waals surface area contributed by atoms with Crippen molar-refractivity contribution >= 4 is 40.1 Å². The highest BCUT2D eigenvalue weighted by molar-refractivity contribution is 7.18. The highest BCUT2D eigenvalue weighted by Gasteiger charge is 2.29. The molecule has 0 aliphatic heterocycles. The lowest BCUT2D eigenvalue weighted by atomic mass is 10.0. The Balaban J connectivity index is 2.29. The van der Waals surface area contributed by atoms with Gasteiger partial charge < -0.3 is 20.5 Å². The first-order chi connectivity index (χ1) is 16.1. The summed E-state index contributed by atoms with van der Waals surface area (Å²) in [6.07, 6.45) is 1.40. The van der Waals surface area contributed by atoms with Gasteiger partial charge in [-0.25, -0.2) is 14.0 Å². The Labute approximate surface area is 200 Å². The largest absolute Gasteiger partial charge is 0.462 e. The van der Waals surface area contributed by atoms with Gasteiger partial charge in [0.2, 0.25) is 11.8 Å². The van der Waals surface area contributed by atoms with E-state index >= 15 is 0 Å². The highest BCUT2D eigenvalue weighted by Crippen LogP contribution is 2.34. The number of hydrogen-bond donors (Lipinski definition) is 2. The topological polar surface area (TPSA) is 128 Å². The standard InChI is InChI=1S/C23H26FN3O6S/c1-5-10-33-23(31)19-13(3)17(22(30)32-6-2)21(34-19)26-16(28)12-27(4)18(20(25)29)14-8-7-9-15(24)11-14/h5,7-9,11,18H,1,6,10,12H2,2-4H3,(H2,25,29)(H,26,28). The van der Waals surface area contributed by atoms with Gasteiger partial charge in [-0.3, -0.25) is 14.5 Å². The number of nitrogens with two attached hydrogens (primary N) is 1. The second-order valence-corrected chi connectivity index (χ2v) is 8.21. The van der Waals surface area contributed by atoms with Gasteiger partial charge in [-0.1, -0.05) is 24.8 Å². The van der Waals surface area contributed by atoms with E-state index in [0.29, 0.717) is 5.56 Å². The van der Waals surface area contributed by atoms with Crippen molar-refractivity contribution in [3.8, 4) is 0 Å². The van der Waals surface area contributed by atoms with Crippen LogP contribution in [0.1, 0.15) is 44.1 Å². The number of rotatable bonds is 11. The average molecular weight is 492 g/mol. The molecule has 34 heavy (non-hydrogen) atoms. The number of halogens is 1. The van der Waals surface area contributed by atoms with Gasteiger partial charge in [-0.15, -0.1) is 11.3 Å². The molecule has 9 nitrogen and oxygen atoms in total. The molecule has 1 aromatic heterocycles. The number of hydrogen-bond acceptors (Lipinski definition) is 8. The minimum atomic E-state index is -1.07. The van der Waals surface area contributed by atoms with Crippen LogP contribution in [0.4, 0.5) is 9.39 Å². The lowest BCUT2D eigenvalue weighted by Crippen LogP contribution is -2.39. The molecule has 0 bridgehead atoms. The minimum absolute atomic E-state index is 0.0218. The third-order valence-electron chi connectivity index (χ3n) is 4.66. The molecule has 11 heteroatoms. The number of benzene rings is 1. The van der Waals surface area contributed by atoms with Crippen molar-refractivity contribution in [3.05, 3.63) is 64.3 Å². The van der Waals surface area contributed by atoms with E-state index in [2.05, 4.69) is 11.9 Å². The molecule has 0 spiro atoms. The average Bonchev–Trinajstić information content (AvgIpc) is 3.07. The van der Waals surface area contributed by atoms with Crippen LogP contribution in [0.5, 0.6) is 0 Å². The maximum absolute atomic E-state index is 13.6. The number of nitrogens with one attached hydrogen (secondary N) is 1. The van der Waals surface area contributed by atoms with Crippen LogP contribution in [0.15, 0.2) is 36.9 Å². The number of anilines is 1. The van der Waals surface area contributed by atoms with Crippen molar-refractivity contribution in [1.29, 1.82) is 0 Å². The Morgan fingerprint density at radius 2 is 1.97 bits per heavy atom. The number of ether oxygens (including phenoxy) is 2. The molecule has 0 radical (unpaired) electrons. The third-order valence-corrected chi connectivity index (χ3v) is 5.85. The first-order valence-electron chi connectivity index (χ1n) is 10.2. The minimum Gasteiger partial charge on any atom is -0.462 e. The van der Waals surface area contributed by atoms with Crippen molar-refractivity contribution in [2.75, 3.05) is 32.1 Å². The summed E-state index contributed by atoms with van der Waals surface area (Å²) >= 11 is 0.866. The SMILES string of the molecule is C=CCOC(=O)c1sc(NC(=O)CN(C)C(C(N)=O)c2cccc(F)c2)c(C(=O)OCC)c1C. The van der Waals surface area contributed by atoms with Crippen molar-refractivity contribution in [3.63, 3.8) is 0 Å². The summed E-state index contributed by atoms with van der Waals surface area (Å²) in [5.41, 5.74) is 6.11. The molecule has 1 aromatic carbocycles. The molecule has 2 aromatic rings. The highest BCUT2D eigenvalue weighted by atomic mass is 32.1. The molecule has 1 heterocycles. The van der Waals surface area contributed by atoms with Gasteiger partial charge in [0.05, 0.1) is 18.7 Å². The predicted octanol–water partition coefficient (Wildman–Crippen LogP) is 2.81. The summed E-state index contributed by atoms with van der Waals surface area (Å²) in [5, 5.41) is 2.69. The van der Waals surface area contributed by atoms with Crippen molar-refractivity contribution < 1.29 is 33.0 Å². The van der Waals surface area contributed by atoms with E-state index < -0.39 is 35.6 Å². The Bertz CT molecular complexity index is 1100. The quantitative estimate of drug-likeness (QED) is 0.365. The van der Waals surface area contributed by atoms with Gasteiger partial charge in [-0.05, 0) is 44.2 Å². The zero-order valence-corrected chi connectivity index (χ0v) is 19.9. The van der Waals surface area contributed by atoms with E-state index in [1.165, 1.54) is 36.2 Å². The molecule has 0 fully saturated rings. The number of thiophene rings is 1. The summed E-state index contributed by atoms with van der Waals surface area (Å²) < 4.78 is 23.8. The van der Waals surface area contributed by atoms with Gasteiger partial charge in [0, 0.05) is 0 Å². The van der Waals surface area contributed by atoms with Crippen LogP contribution in [0.3, 0.4) is 0 Å². The van der Waals surface area contributed by atoms with Crippen LogP contribution < -0.4 is 11.1 Å². The fourth-order valence-electron chi connectivity index (χ4n) is 3.24. The van der Waals surface area contributed by atoms with Gasteiger partial charge in [-0.2, -0.15) is 0 Å². The van der Waals surface area contributed by atoms with Crippen LogP contribution in [0.2, 0.25) is 0 Å². The molecule has 2 amide bonds. The van der Waals surface area contributed by atoms with E-state index in [4.69, 9.17) is 15.2 Å². The van der Waals surface area contributed by atoms with E-state index in [9.17, 15) is 23.6 Å². The van der Waals surface area contributed by atoms with E-state index in [1.54, 1.807) is 13.8 Å². The van der Waals surface area contributed by atoms with Gasteiger partial charge >= 0.3 is 11.9 Å². The molecule has 0 aliphatic carbocycles. The number of carbonyl (C=O) groups is 4. The van der Waals surface area contributed by atoms with Gasteiger partial charge in [0.1, 0.15) is 28.3 Å². The Kier molecular flexibility index (Phi) is 9.46. The lowest BCUT2D eigenvalue weighted by Gasteiger charge is -2.25. The van der Waals surface area contributed by atoms with Gasteiger partial charge in [0.25, 0.3) is 0 Å². The number of likely N-dealkylation sites (N-methyl/N-ethyl adjacent to an activating group) is 1. The number of primary amides is 1. The summed E-state index contributed by atoms with van der Waals surface area (Å²) in [5.74, 6) is -3.30. The van der Waals surface area contributed by atoms with Crippen molar-refractivity contribution in [1.82, 2.24) is 4.90 Å². The predicted molar refractivity (Wildman–Crippen MR) is 125 cm³/mol. The number of esters is 2. The first kappa shape index (κ1) is 26.7. The number of nitrogens with zero attached hydrogens (tertiary/aromatic N) is 1. The smallest absolute Gasteiger partial charge is 0.348 e. The molecule has 2 rings (SSSR count). The van der Waals surface area contributed by atoms with Crippen LogP contribution in [-0.4, -0.2) is 55.5 Å². The molecule has 1 unspecified atom stereocenters. The third kappa shape index (κ3) is 6.49. The Morgan fingerprint density at radius 3 is 2.56 bits per heavy atom. The number of carbonyl (C=O) groups excluding carboxylic acids is 4. The molecule has 0 saturated heterocycles. The monoisotopic (exact) mass is 491 g/mol. The fourth-order valence-corrected chi connectivity index (χ4v) is 4.35. The maximum atomic E-state index is 13.6. The molecule has 0 aliphatic rings. The zero-order chi connectivity index (χ0) is 25.4. The molecule has 0 saturated carbocycles. The van der Waals surface area contributed by atoms with Gasteiger partial charge in [0.15, 0.2) is 0 Å². The van der Waals surface area contributed by atoms with Crippen LogP contribution in [0.25, 0.3) is 0 Å². The van der Waals surface area contributed by atoms with E-state index in [-0.39, 0.29) is 40.8 Å². The summed E-state index contributed by atoms with van der Waals surface area (Å²) in [4.78, 5) is 51.2.